The number of rotatable bonds is 0. The van der Waals surface area contributed by atoms with Crippen LogP contribution in [-0.2, 0) is 9.59 Å². The molecule has 2 aliphatic carbocycles. The molecule has 0 heterocycles. The zero-order valence-corrected chi connectivity index (χ0v) is 6.25. The third-order valence-electron chi connectivity index (χ3n) is 2.59. The summed E-state index contributed by atoms with van der Waals surface area (Å²) in [5.41, 5.74) is 0. The molecule has 0 aromatic carbocycles. The molecule has 2 nitrogen and oxygen atoms in total. The maximum Gasteiger partial charge on any atom is 0.158 e. The smallest absolute Gasteiger partial charge is 0.158 e. The Morgan fingerprint density at radius 2 is 2.18 bits per heavy atom. The Kier molecular flexibility index (Phi) is 1.41. The van der Waals surface area contributed by atoms with Crippen molar-refractivity contribution in [2.45, 2.75) is 19.3 Å². The van der Waals surface area contributed by atoms with Gasteiger partial charge < -0.3 is 0 Å². The molecule has 1 fully saturated rings. The van der Waals surface area contributed by atoms with Gasteiger partial charge in [-0.1, -0.05) is 6.08 Å². The molecular weight excluding hydrogens is 140 g/mol. The van der Waals surface area contributed by atoms with Crippen molar-refractivity contribution in [1.29, 1.82) is 0 Å². The lowest BCUT2D eigenvalue weighted by molar-refractivity contribution is -0.127. The summed E-state index contributed by atoms with van der Waals surface area (Å²) < 4.78 is 0. The zero-order chi connectivity index (χ0) is 7.84. The molecule has 0 N–H and O–H groups in total. The van der Waals surface area contributed by atoms with E-state index in [4.69, 9.17) is 0 Å². The average molecular weight is 150 g/mol. The van der Waals surface area contributed by atoms with Gasteiger partial charge in [-0.3, -0.25) is 9.59 Å². The number of ketones is 2. The summed E-state index contributed by atoms with van der Waals surface area (Å²) in [7, 11) is 0. The number of carbonyl (C=O) groups excluding carboxylic acids is 2. The monoisotopic (exact) mass is 150 g/mol. The third kappa shape index (κ3) is 1.02. The van der Waals surface area contributed by atoms with Crippen LogP contribution in [0.15, 0.2) is 12.2 Å². The van der Waals surface area contributed by atoms with Crippen molar-refractivity contribution in [1.82, 2.24) is 0 Å². The van der Waals surface area contributed by atoms with Crippen molar-refractivity contribution in [3.05, 3.63) is 12.2 Å². The molecule has 0 amide bonds. The van der Waals surface area contributed by atoms with E-state index in [9.17, 15) is 9.59 Å². The molecule has 0 spiro atoms. The van der Waals surface area contributed by atoms with Crippen LogP contribution in [0.3, 0.4) is 0 Å². The van der Waals surface area contributed by atoms with Gasteiger partial charge in [0.2, 0.25) is 0 Å². The first-order chi connectivity index (χ1) is 5.27. The lowest BCUT2D eigenvalue weighted by Crippen LogP contribution is -2.30. The highest BCUT2D eigenvalue weighted by molar-refractivity contribution is 5.97. The van der Waals surface area contributed by atoms with Gasteiger partial charge in [-0.15, -0.1) is 0 Å². The summed E-state index contributed by atoms with van der Waals surface area (Å²) in [5.74, 6) is 0.743. The van der Waals surface area contributed by atoms with Gasteiger partial charge in [-0.25, -0.2) is 0 Å². The minimum absolute atomic E-state index is 0.0615. The second kappa shape index (κ2) is 2.29. The Bertz CT molecular complexity index is 240. The van der Waals surface area contributed by atoms with Crippen molar-refractivity contribution in [3.8, 4) is 0 Å². The molecule has 0 saturated heterocycles. The Morgan fingerprint density at radius 3 is 3.00 bits per heavy atom. The molecule has 11 heavy (non-hydrogen) atoms. The third-order valence-corrected chi connectivity index (χ3v) is 2.59. The second-order valence-electron chi connectivity index (χ2n) is 3.31. The van der Waals surface area contributed by atoms with Crippen LogP contribution >= 0.6 is 0 Å². The average Bonchev–Trinajstić information content (AvgIpc) is 2.02. The predicted molar refractivity (Wildman–Crippen MR) is 40.0 cm³/mol. The van der Waals surface area contributed by atoms with Gasteiger partial charge in [0.25, 0.3) is 0 Å². The van der Waals surface area contributed by atoms with Gasteiger partial charge in [0.15, 0.2) is 5.78 Å². The SMILES string of the molecule is O=C1C=C[C@@H]2C[C@@H]1CCC2=O. The summed E-state index contributed by atoms with van der Waals surface area (Å²) in [6, 6.07) is 0. The Balaban J connectivity index is 2.28. The minimum Gasteiger partial charge on any atom is -0.299 e. The highest BCUT2D eigenvalue weighted by Crippen LogP contribution is 2.31. The van der Waals surface area contributed by atoms with E-state index < -0.39 is 0 Å². The molecule has 0 aliphatic heterocycles. The molecule has 2 rings (SSSR count). The summed E-state index contributed by atoms with van der Waals surface area (Å²) in [6.07, 6.45) is 5.49. The van der Waals surface area contributed by atoms with Crippen molar-refractivity contribution in [3.63, 3.8) is 0 Å². The fraction of sp³-hybridized carbons (Fsp3) is 0.556. The van der Waals surface area contributed by atoms with E-state index in [0.29, 0.717) is 12.2 Å². The molecule has 0 aromatic rings. The molecular formula is C9H10O2. The standard InChI is InChI=1S/C9H10O2/c10-8-3-1-6-5-7(8)2-4-9(6)11/h1,3,6-7H,2,4-5H2/t6-,7+/m1/s1. The van der Waals surface area contributed by atoms with Crippen LogP contribution < -0.4 is 0 Å². The number of hydrogen-bond acceptors (Lipinski definition) is 2. The van der Waals surface area contributed by atoms with E-state index in [1.165, 1.54) is 0 Å². The number of allylic oxidation sites excluding steroid dienone is 2. The fourth-order valence-corrected chi connectivity index (χ4v) is 1.85. The predicted octanol–water partition coefficient (Wildman–Crippen LogP) is 1.11. The van der Waals surface area contributed by atoms with Crippen molar-refractivity contribution in [2.24, 2.45) is 11.8 Å². The van der Waals surface area contributed by atoms with Gasteiger partial charge in [-0.05, 0) is 18.9 Å². The number of hydrogen-bond donors (Lipinski definition) is 0. The van der Waals surface area contributed by atoms with Crippen LogP contribution in [0.5, 0.6) is 0 Å². The molecule has 58 valence electrons. The van der Waals surface area contributed by atoms with Crippen molar-refractivity contribution < 1.29 is 9.59 Å². The summed E-state index contributed by atoms with van der Waals surface area (Å²) >= 11 is 0. The molecule has 0 radical (unpaired) electrons. The Morgan fingerprint density at radius 1 is 1.36 bits per heavy atom. The van der Waals surface area contributed by atoms with Gasteiger partial charge in [0.1, 0.15) is 5.78 Å². The molecule has 0 aromatic heterocycles. The van der Waals surface area contributed by atoms with Gasteiger partial charge in [-0.2, -0.15) is 0 Å². The maximum absolute atomic E-state index is 11.1. The van der Waals surface area contributed by atoms with Crippen LogP contribution in [0.1, 0.15) is 19.3 Å². The van der Waals surface area contributed by atoms with E-state index in [0.717, 1.165) is 12.8 Å². The van der Waals surface area contributed by atoms with E-state index in [1.807, 2.05) is 0 Å². The summed E-state index contributed by atoms with van der Waals surface area (Å²) in [4.78, 5) is 22.3. The first-order valence-corrected chi connectivity index (χ1v) is 4.02. The topological polar surface area (TPSA) is 34.1 Å². The normalized spacial score (nSPS) is 36.0. The molecule has 2 atom stereocenters. The fourth-order valence-electron chi connectivity index (χ4n) is 1.85. The number of fused-ring (bicyclic) bond motifs is 2. The van der Waals surface area contributed by atoms with Crippen LogP contribution in [0.2, 0.25) is 0 Å². The van der Waals surface area contributed by atoms with Gasteiger partial charge >= 0.3 is 0 Å². The Hall–Kier alpha value is -0.920. The molecule has 1 saturated carbocycles. The zero-order valence-electron chi connectivity index (χ0n) is 6.25. The summed E-state index contributed by atoms with van der Waals surface area (Å²) in [6.45, 7) is 0. The lowest BCUT2D eigenvalue weighted by atomic mass is 9.75. The minimum atomic E-state index is 0.0615. The van der Waals surface area contributed by atoms with Gasteiger partial charge in [0.05, 0.1) is 0 Å². The number of Topliss-reactive ketones (excluding diaryl/α,β-unsaturated/α-hetero) is 1. The largest absolute Gasteiger partial charge is 0.299 e. The van der Waals surface area contributed by atoms with E-state index >= 15 is 0 Å². The van der Waals surface area contributed by atoms with E-state index in [1.54, 1.807) is 12.2 Å². The van der Waals surface area contributed by atoms with Crippen LogP contribution in [0, 0.1) is 11.8 Å². The van der Waals surface area contributed by atoms with Crippen LogP contribution in [-0.4, -0.2) is 11.6 Å². The first kappa shape index (κ1) is 6.77. The second-order valence-corrected chi connectivity index (χ2v) is 3.31. The highest BCUT2D eigenvalue weighted by atomic mass is 16.1. The quantitative estimate of drug-likeness (QED) is 0.518. The Labute approximate surface area is 65.3 Å². The van der Waals surface area contributed by atoms with Crippen molar-refractivity contribution >= 4 is 11.6 Å². The van der Waals surface area contributed by atoms with Gasteiger partial charge in [0, 0.05) is 18.3 Å². The molecule has 0 unspecified atom stereocenters. The highest BCUT2D eigenvalue weighted by Gasteiger charge is 2.32. The van der Waals surface area contributed by atoms with Crippen LogP contribution in [0.25, 0.3) is 0 Å². The lowest BCUT2D eigenvalue weighted by Gasteiger charge is -2.27. The van der Waals surface area contributed by atoms with Crippen molar-refractivity contribution in [2.75, 3.05) is 0 Å². The summed E-state index contributed by atoms with van der Waals surface area (Å²) in [5, 5.41) is 0. The molecule has 2 bridgehead atoms. The van der Waals surface area contributed by atoms with E-state index in [-0.39, 0.29) is 17.6 Å². The maximum atomic E-state index is 11.1. The first-order valence-electron chi connectivity index (χ1n) is 4.02. The van der Waals surface area contributed by atoms with Crippen LogP contribution in [0.4, 0.5) is 0 Å². The number of carbonyl (C=O) groups is 2. The molecule has 2 heteroatoms. The van der Waals surface area contributed by atoms with E-state index in [2.05, 4.69) is 0 Å². The molecule has 2 aliphatic rings.